The van der Waals surface area contributed by atoms with Crippen molar-refractivity contribution in [1.82, 2.24) is 15.5 Å². The zero-order chi connectivity index (χ0) is 18.1. The lowest BCUT2D eigenvalue weighted by Gasteiger charge is -2.10. The van der Waals surface area contributed by atoms with Crippen molar-refractivity contribution in [3.63, 3.8) is 0 Å². The maximum Gasteiger partial charge on any atom is 0.254 e. The fourth-order valence-corrected chi connectivity index (χ4v) is 2.55. The first-order valence-corrected chi connectivity index (χ1v) is 7.91. The van der Waals surface area contributed by atoms with E-state index in [1.807, 2.05) is 0 Å². The van der Waals surface area contributed by atoms with E-state index in [0.29, 0.717) is 22.9 Å². The van der Waals surface area contributed by atoms with Crippen molar-refractivity contribution in [2.75, 3.05) is 6.79 Å². The van der Waals surface area contributed by atoms with Gasteiger partial charge in [0.25, 0.3) is 5.91 Å². The van der Waals surface area contributed by atoms with Crippen LogP contribution >= 0.6 is 0 Å². The van der Waals surface area contributed by atoms with Gasteiger partial charge in [0.1, 0.15) is 11.9 Å². The van der Waals surface area contributed by atoms with Crippen molar-refractivity contribution in [2.24, 2.45) is 0 Å². The standard InChI is InChI=1S/C18H14FN3O4/c1-10(20-17(23)12-4-2-3-5-13(12)19)18-21-16(22-26-18)11-6-7-14-15(8-11)25-9-24-14/h2-8,10H,9H2,1H3,(H,20,23). The summed E-state index contributed by atoms with van der Waals surface area (Å²) >= 11 is 0. The van der Waals surface area contributed by atoms with E-state index in [1.165, 1.54) is 18.2 Å². The fourth-order valence-electron chi connectivity index (χ4n) is 2.55. The Labute approximate surface area is 147 Å². The van der Waals surface area contributed by atoms with E-state index in [0.717, 1.165) is 0 Å². The molecule has 1 aliphatic rings. The van der Waals surface area contributed by atoms with Gasteiger partial charge in [0, 0.05) is 5.56 Å². The molecule has 0 radical (unpaired) electrons. The van der Waals surface area contributed by atoms with Gasteiger partial charge in [-0.05, 0) is 37.3 Å². The molecule has 132 valence electrons. The molecule has 0 saturated carbocycles. The predicted octanol–water partition coefficient (Wildman–Crippen LogP) is 3.10. The molecular formula is C18H14FN3O4. The van der Waals surface area contributed by atoms with Crippen LogP contribution in [0.25, 0.3) is 11.4 Å². The number of nitrogens with zero attached hydrogens (tertiary/aromatic N) is 2. The Morgan fingerprint density at radius 3 is 2.85 bits per heavy atom. The van der Waals surface area contributed by atoms with Gasteiger partial charge in [0.15, 0.2) is 11.5 Å². The molecule has 1 unspecified atom stereocenters. The molecule has 0 saturated heterocycles. The van der Waals surface area contributed by atoms with Crippen LogP contribution in [0.15, 0.2) is 47.0 Å². The zero-order valence-electron chi connectivity index (χ0n) is 13.7. The number of hydrogen-bond donors (Lipinski definition) is 1. The van der Waals surface area contributed by atoms with Crippen LogP contribution in [0.1, 0.15) is 29.2 Å². The number of hydrogen-bond acceptors (Lipinski definition) is 6. The number of fused-ring (bicyclic) bond motifs is 1. The van der Waals surface area contributed by atoms with Gasteiger partial charge in [-0.2, -0.15) is 4.98 Å². The van der Waals surface area contributed by atoms with Crippen LogP contribution in [0.3, 0.4) is 0 Å². The molecule has 1 atom stereocenters. The number of nitrogens with one attached hydrogen (secondary N) is 1. The van der Waals surface area contributed by atoms with Crippen LogP contribution in [-0.4, -0.2) is 22.8 Å². The second-order valence-corrected chi connectivity index (χ2v) is 5.70. The molecule has 0 fully saturated rings. The SMILES string of the molecule is CC(NC(=O)c1ccccc1F)c1nc(-c2ccc3c(c2)OCO3)no1. The lowest BCUT2D eigenvalue weighted by molar-refractivity contribution is 0.0928. The highest BCUT2D eigenvalue weighted by Crippen LogP contribution is 2.35. The molecule has 0 aliphatic carbocycles. The number of benzene rings is 2. The van der Waals surface area contributed by atoms with E-state index in [4.69, 9.17) is 14.0 Å². The van der Waals surface area contributed by atoms with Crippen molar-refractivity contribution >= 4 is 5.91 Å². The number of aromatic nitrogens is 2. The molecule has 1 amide bonds. The van der Waals surface area contributed by atoms with Crippen molar-refractivity contribution in [2.45, 2.75) is 13.0 Å². The number of halogens is 1. The minimum atomic E-state index is -0.594. The van der Waals surface area contributed by atoms with Crippen molar-refractivity contribution in [3.8, 4) is 22.9 Å². The summed E-state index contributed by atoms with van der Waals surface area (Å²) in [4.78, 5) is 16.5. The van der Waals surface area contributed by atoms with E-state index < -0.39 is 17.8 Å². The average Bonchev–Trinajstić information content (AvgIpc) is 3.30. The third-order valence-corrected chi connectivity index (χ3v) is 3.91. The van der Waals surface area contributed by atoms with Gasteiger partial charge in [-0.25, -0.2) is 4.39 Å². The molecular weight excluding hydrogens is 341 g/mol. The van der Waals surface area contributed by atoms with Crippen LogP contribution in [0.4, 0.5) is 4.39 Å². The van der Waals surface area contributed by atoms with Crippen LogP contribution in [0, 0.1) is 5.82 Å². The normalized spacial score (nSPS) is 13.5. The largest absolute Gasteiger partial charge is 0.454 e. The summed E-state index contributed by atoms with van der Waals surface area (Å²) in [6.45, 7) is 1.85. The van der Waals surface area contributed by atoms with Gasteiger partial charge >= 0.3 is 0 Å². The molecule has 1 aromatic heterocycles. The number of amides is 1. The van der Waals surface area contributed by atoms with E-state index >= 15 is 0 Å². The summed E-state index contributed by atoms with van der Waals surface area (Å²) in [6, 6.07) is 10.4. The van der Waals surface area contributed by atoms with Crippen molar-refractivity contribution < 1.29 is 23.2 Å². The average molecular weight is 355 g/mol. The monoisotopic (exact) mass is 355 g/mol. The summed E-state index contributed by atoms with van der Waals surface area (Å²) in [7, 11) is 0. The minimum Gasteiger partial charge on any atom is -0.454 e. The number of rotatable bonds is 4. The van der Waals surface area contributed by atoms with Gasteiger partial charge in [-0.3, -0.25) is 4.79 Å². The molecule has 1 aliphatic heterocycles. The fraction of sp³-hybridized carbons (Fsp3) is 0.167. The molecule has 2 heterocycles. The van der Waals surface area contributed by atoms with E-state index in [-0.39, 0.29) is 18.2 Å². The number of ether oxygens (including phenoxy) is 2. The van der Waals surface area contributed by atoms with Crippen molar-refractivity contribution in [1.29, 1.82) is 0 Å². The number of carbonyl (C=O) groups is 1. The van der Waals surface area contributed by atoms with E-state index in [1.54, 1.807) is 31.2 Å². The summed E-state index contributed by atoms with van der Waals surface area (Å²) < 4.78 is 29.5. The van der Waals surface area contributed by atoms with Crippen LogP contribution in [0.2, 0.25) is 0 Å². The zero-order valence-corrected chi connectivity index (χ0v) is 13.7. The molecule has 26 heavy (non-hydrogen) atoms. The molecule has 4 rings (SSSR count). The lowest BCUT2D eigenvalue weighted by Crippen LogP contribution is -2.27. The Morgan fingerprint density at radius 1 is 1.19 bits per heavy atom. The second kappa shape index (κ2) is 6.47. The second-order valence-electron chi connectivity index (χ2n) is 5.70. The van der Waals surface area contributed by atoms with Gasteiger partial charge in [-0.15, -0.1) is 0 Å². The number of carbonyl (C=O) groups excluding carboxylic acids is 1. The molecule has 2 aromatic carbocycles. The Hall–Kier alpha value is -3.42. The van der Waals surface area contributed by atoms with Gasteiger partial charge in [0.05, 0.1) is 5.56 Å². The maximum absolute atomic E-state index is 13.7. The molecule has 0 bridgehead atoms. The van der Waals surface area contributed by atoms with Gasteiger partial charge in [-0.1, -0.05) is 17.3 Å². The van der Waals surface area contributed by atoms with E-state index in [2.05, 4.69) is 15.5 Å². The minimum absolute atomic E-state index is 0.0464. The Balaban J connectivity index is 1.51. The highest BCUT2D eigenvalue weighted by atomic mass is 19.1. The third-order valence-electron chi connectivity index (χ3n) is 3.91. The summed E-state index contributed by atoms with van der Waals surface area (Å²) in [6.07, 6.45) is 0. The molecule has 7 nitrogen and oxygen atoms in total. The molecule has 1 N–H and O–H groups in total. The maximum atomic E-state index is 13.7. The molecule has 3 aromatic rings. The predicted molar refractivity (Wildman–Crippen MR) is 88.1 cm³/mol. The summed E-state index contributed by atoms with van der Waals surface area (Å²) in [5.41, 5.74) is 0.645. The Kier molecular flexibility index (Phi) is 4.00. The van der Waals surface area contributed by atoms with E-state index in [9.17, 15) is 9.18 Å². The lowest BCUT2D eigenvalue weighted by atomic mass is 10.2. The van der Waals surface area contributed by atoms with Gasteiger partial charge in [0.2, 0.25) is 18.5 Å². The first-order valence-electron chi connectivity index (χ1n) is 7.91. The molecule has 8 heteroatoms. The first-order chi connectivity index (χ1) is 12.6. The summed E-state index contributed by atoms with van der Waals surface area (Å²) in [5.74, 6) is 0.674. The van der Waals surface area contributed by atoms with Crippen LogP contribution in [0.5, 0.6) is 11.5 Å². The smallest absolute Gasteiger partial charge is 0.254 e. The van der Waals surface area contributed by atoms with Crippen molar-refractivity contribution in [3.05, 3.63) is 59.7 Å². The Morgan fingerprint density at radius 2 is 2.00 bits per heavy atom. The first kappa shape index (κ1) is 16.1. The summed E-state index contributed by atoms with van der Waals surface area (Å²) in [5, 5.41) is 6.56. The highest BCUT2D eigenvalue weighted by Gasteiger charge is 2.21. The Bertz CT molecular complexity index is 973. The topological polar surface area (TPSA) is 86.5 Å². The van der Waals surface area contributed by atoms with Crippen LogP contribution in [-0.2, 0) is 0 Å². The molecule has 0 spiro atoms. The quantitative estimate of drug-likeness (QED) is 0.774. The highest BCUT2D eigenvalue weighted by molar-refractivity contribution is 5.94. The van der Waals surface area contributed by atoms with Crippen LogP contribution < -0.4 is 14.8 Å². The third kappa shape index (κ3) is 2.97. The van der Waals surface area contributed by atoms with Gasteiger partial charge < -0.3 is 19.3 Å².